The number of hydrogen-bond donors (Lipinski definition) is 1. The first kappa shape index (κ1) is 16.1. The monoisotopic (exact) mass is 309 g/mol. The molecule has 5 heteroatoms. The van der Waals surface area contributed by atoms with E-state index in [0.717, 1.165) is 48.6 Å². The maximum atomic E-state index is 6.35. The highest BCUT2D eigenvalue weighted by Gasteiger charge is 2.20. The molecular formula is C16H24ClN3O. The minimum Gasteiger partial charge on any atom is -0.464 e. The van der Waals surface area contributed by atoms with Gasteiger partial charge in [-0.05, 0) is 38.4 Å². The zero-order valence-electron chi connectivity index (χ0n) is 13.2. The smallest absolute Gasteiger partial charge is 0.130 e. The van der Waals surface area contributed by atoms with Crippen molar-refractivity contribution < 1.29 is 4.42 Å². The fraction of sp³-hybridized carbons (Fsp3) is 0.562. The molecule has 116 valence electrons. The molecule has 0 saturated carbocycles. The van der Waals surface area contributed by atoms with E-state index in [4.69, 9.17) is 16.0 Å². The third-order valence-corrected chi connectivity index (χ3v) is 4.17. The molecule has 0 aromatic carbocycles. The van der Waals surface area contributed by atoms with Crippen LogP contribution >= 0.6 is 11.6 Å². The summed E-state index contributed by atoms with van der Waals surface area (Å²) in [4.78, 5) is 0. The van der Waals surface area contributed by atoms with E-state index in [-0.39, 0.29) is 6.04 Å². The molecule has 0 aliphatic heterocycles. The third-order valence-electron chi connectivity index (χ3n) is 3.69. The minimum absolute atomic E-state index is 0.130. The van der Waals surface area contributed by atoms with E-state index < -0.39 is 0 Å². The van der Waals surface area contributed by atoms with Gasteiger partial charge in [0.15, 0.2) is 0 Å². The van der Waals surface area contributed by atoms with Crippen LogP contribution in [-0.4, -0.2) is 16.3 Å². The molecule has 2 heterocycles. The Morgan fingerprint density at radius 1 is 1.38 bits per heavy atom. The molecule has 0 fully saturated rings. The van der Waals surface area contributed by atoms with Crippen LogP contribution in [0.25, 0.3) is 0 Å². The third kappa shape index (κ3) is 3.69. The summed E-state index contributed by atoms with van der Waals surface area (Å²) < 4.78 is 7.64. The Balaban J connectivity index is 2.23. The van der Waals surface area contributed by atoms with Gasteiger partial charge in [0, 0.05) is 19.0 Å². The molecule has 0 radical (unpaired) electrons. The van der Waals surface area contributed by atoms with E-state index in [9.17, 15) is 0 Å². The van der Waals surface area contributed by atoms with Gasteiger partial charge < -0.3 is 9.73 Å². The standard InChI is InChI=1S/C16H24ClN3O/c1-5-9-18-14(15-8-7-12(6-2)21-15)10-13-11(3)19-20(4)16(13)17/h7-8,14,18H,5-6,9-10H2,1-4H3. The Hall–Kier alpha value is -1.26. The molecule has 0 aliphatic rings. The second-order valence-corrected chi connectivity index (χ2v) is 5.70. The maximum absolute atomic E-state index is 6.35. The number of hydrogen-bond acceptors (Lipinski definition) is 3. The minimum atomic E-state index is 0.130. The first-order valence-corrected chi connectivity index (χ1v) is 7.94. The van der Waals surface area contributed by atoms with Crippen LogP contribution in [0.1, 0.15) is 49.1 Å². The van der Waals surface area contributed by atoms with Gasteiger partial charge in [0.1, 0.15) is 16.7 Å². The molecule has 1 unspecified atom stereocenters. The van der Waals surface area contributed by atoms with Gasteiger partial charge in [0.25, 0.3) is 0 Å². The van der Waals surface area contributed by atoms with Crippen LogP contribution in [0, 0.1) is 6.92 Å². The van der Waals surface area contributed by atoms with Crippen molar-refractivity contribution in [3.63, 3.8) is 0 Å². The molecule has 2 aromatic heterocycles. The summed E-state index contributed by atoms with van der Waals surface area (Å²) in [7, 11) is 1.87. The summed E-state index contributed by atoms with van der Waals surface area (Å²) in [5.41, 5.74) is 2.07. The second-order valence-electron chi connectivity index (χ2n) is 5.35. The SMILES string of the molecule is CCCNC(Cc1c(C)nn(C)c1Cl)c1ccc(CC)o1. The van der Waals surface area contributed by atoms with Gasteiger partial charge in [-0.25, -0.2) is 0 Å². The predicted molar refractivity (Wildman–Crippen MR) is 85.8 cm³/mol. The van der Waals surface area contributed by atoms with E-state index in [2.05, 4.69) is 30.3 Å². The van der Waals surface area contributed by atoms with Crippen LogP contribution in [0.5, 0.6) is 0 Å². The van der Waals surface area contributed by atoms with E-state index in [0.29, 0.717) is 5.15 Å². The van der Waals surface area contributed by atoms with Gasteiger partial charge in [0.05, 0.1) is 11.7 Å². The van der Waals surface area contributed by atoms with Crippen molar-refractivity contribution >= 4 is 11.6 Å². The Kier molecular flexibility index (Phi) is 5.48. The van der Waals surface area contributed by atoms with Crippen LogP contribution in [0.2, 0.25) is 5.15 Å². The van der Waals surface area contributed by atoms with Crippen LogP contribution in [0.4, 0.5) is 0 Å². The van der Waals surface area contributed by atoms with Crippen LogP contribution in [-0.2, 0) is 19.9 Å². The Bertz CT molecular complexity index is 588. The lowest BCUT2D eigenvalue weighted by molar-refractivity contribution is 0.392. The highest BCUT2D eigenvalue weighted by molar-refractivity contribution is 6.30. The van der Waals surface area contributed by atoms with Gasteiger partial charge in [-0.1, -0.05) is 25.4 Å². The molecule has 1 atom stereocenters. The molecule has 0 saturated heterocycles. The first-order valence-electron chi connectivity index (χ1n) is 7.56. The molecule has 1 N–H and O–H groups in total. The summed E-state index contributed by atoms with van der Waals surface area (Å²) in [6.45, 7) is 7.20. The van der Waals surface area contributed by atoms with Crippen molar-refractivity contribution in [3.05, 3.63) is 40.1 Å². The molecule has 0 aliphatic carbocycles. The van der Waals surface area contributed by atoms with E-state index in [1.807, 2.05) is 20.0 Å². The molecule has 21 heavy (non-hydrogen) atoms. The van der Waals surface area contributed by atoms with Crippen LogP contribution in [0.3, 0.4) is 0 Å². The lowest BCUT2D eigenvalue weighted by atomic mass is 10.0. The molecule has 2 aromatic rings. The van der Waals surface area contributed by atoms with Crippen molar-refractivity contribution in [2.45, 2.75) is 46.1 Å². The first-order chi connectivity index (χ1) is 10.1. The molecule has 0 bridgehead atoms. The highest BCUT2D eigenvalue weighted by atomic mass is 35.5. The van der Waals surface area contributed by atoms with E-state index in [1.165, 1.54) is 0 Å². The molecule has 0 spiro atoms. The van der Waals surface area contributed by atoms with Crippen molar-refractivity contribution in [2.75, 3.05) is 6.54 Å². The molecular weight excluding hydrogens is 286 g/mol. The summed E-state index contributed by atoms with van der Waals surface area (Å²) in [5.74, 6) is 1.99. The number of furan rings is 1. The van der Waals surface area contributed by atoms with Crippen LogP contribution in [0.15, 0.2) is 16.5 Å². The molecule has 4 nitrogen and oxygen atoms in total. The highest BCUT2D eigenvalue weighted by Crippen LogP contribution is 2.27. The normalized spacial score (nSPS) is 12.8. The Labute approximate surface area is 131 Å². The number of halogens is 1. The van der Waals surface area contributed by atoms with Gasteiger partial charge >= 0.3 is 0 Å². The lowest BCUT2D eigenvalue weighted by Crippen LogP contribution is -2.24. The maximum Gasteiger partial charge on any atom is 0.130 e. The average Bonchev–Trinajstić information content (AvgIpc) is 3.03. The average molecular weight is 310 g/mol. The summed E-state index contributed by atoms with van der Waals surface area (Å²) in [6, 6.07) is 4.24. The molecule has 2 rings (SSSR count). The number of aromatic nitrogens is 2. The fourth-order valence-electron chi connectivity index (χ4n) is 2.47. The Morgan fingerprint density at radius 2 is 2.14 bits per heavy atom. The summed E-state index contributed by atoms with van der Waals surface area (Å²) in [6.07, 6.45) is 2.78. The Morgan fingerprint density at radius 3 is 2.67 bits per heavy atom. The lowest BCUT2D eigenvalue weighted by Gasteiger charge is -2.16. The fourth-order valence-corrected chi connectivity index (χ4v) is 2.73. The van der Waals surface area contributed by atoms with Crippen molar-refractivity contribution in [3.8, 4) is 0 Å². The quantitative estimate of drug-likeness (QED) is 0.845. The van der Waals surface area contributed by atoms with Crippen LogP contribution < -0.4 is 5.32 Å². The van der Waals surface area contributed by atoms with Gasteiger partial charge in [-0.2, -0.15) is 5.10 Å². The summed E-state index contributed by atoms with van der Waals surface area (Å²) in [5, 5.41) is 8.64. The summed E-state index contributed by atoms with van der Waals surface area (Å²) >= 11 is 6.35. The van der Waals surface area contributed by atoms with E-state index >= 15 is 0 Å². The van der Waals surface area contributed by atoms with E-state index in [1.54, 1.807) is 4.68 Å². The number of nitrogens with one attached hydrogen (secondary N) is 1. The zero-order chi connectivity index (χ0) is 15.4. The zero-order valence-corrected chi connectivity index (χ0v) is 14.0. The largest absolute Gasteiger partial charge is 0.464 e. The van der Waals surface area contributed by atoms with Crippen molar-refractivity contribution in [1.29, 1.82) is 0 Å². The topological polar surface area (TPSA) is 43.0 Å². The number of nitrogens with zero attached hydrogens (tertiary/aromatic N) is 2. The predicted octanol–water partition coefficient (Wildman–Crippen LogP) is 3.82. The molecule has 0 amide bonds. The van der Waals surface area contributed by atoms with Crippen molar-refractivity contribution in [1.82, 2.24) is 15.1 Å². The van der Waals surface area contributed by atoms with Gasteiger partial charge in [-0.15, -0.1) is 0 Å². The van der Waals surface area contributed by atoms with Crippen molar-refractivity contribution in [2.24, 2.45) is 7.05 Å². The van der Waals surface area contributed by atoms with Gasteiger partial charge in [0.2, 0.25) is 0 Å². The number of aryl methyl sites for hydroxylation is 3. The van der Waals surface area contributed by atoms with Gasteiger partial charge in [-0.3, -0.25) is 4.68 Å². The number of rotatable bonds is 7. The second kappa shape index (κ2) is 7.14.